The summed E-state index contributed by atoms with van der Waals surface area (Å²) >= 11 is 1.21. The largest absolute Gasteiger partial charge is 0.416 e. The standard InChI is InChI=1S/C26H29F3N4O3S/c1-17(2)19-7-9-21(10-8-19)31-25(35)33(11-12-36-3)15-23-32-22(16-37-23)24(34)30-14-18-5-4-6-20(13-18)26(27,28)29/h4-10,13,16-17H,11-12,14-15H2,1-3H3,(H,30,34)(H,31,35). The van der Waals surface area contributed by atoms with Crippen molar-refractivity contribution in [2.45, 2.75) is 39.0 Å². The molecule has 3 aromatic rings. The quantitative estimate of drug-likeness (QED) is 0.340. The van der Waals surface area contributed by atoms with Gasteiger partial charge in [0.05, 0.1) is 18.7 Å². The number of hydrogen-bond acceptors (Lipinski definition) is 5. The summed E-state index contributed by atoms with van der Waals surface area (Å²) in [6.07, 6.45) is -4.46. The van der Waals surface area contributed by atoms with Gasteiger partial charge in [-0.1, -0.05) is 38.1 Å². The van der Waals surface area contributed by atoms with Gasteiger partial charge in [0.25, 0.3) is 5.91 Å². The van der Waals surface area contributed by atoms with Crippen LogP contribution in [0, 0.1) is 0 Å². The molecule has 37 heavy (non-hydrogen) atoms. The maximum atomic E-state index is 12.9. The third-order valence-electron chi connectivity index (χ3n) is 5.50. The van der Waals surface area contributed by atoms with Gasteiger partial charge in [0, 0.05) is 31.3 Å². The van der Waals surface area contributed by atoms with Gasteiger partial charge in [-0.3, -0.25) is 4.79 Å². The van der Waals surface area contributed by atoms with E-state index in [2.05, 4.69) is 29.5 Å². The highest BCUT2D eigenvalue weighted by Gasteiger charge is 2.30. The van der Waals surface area contributed by atoms with Crippen LogP contribution in [0.5, 0.6) is 0 Å². The van der Waals surface area contributed by atoms with E-state index in [-0.39, 0.29) is 24.8 Å². The monoisotopic (exact) mass is 534 g/mol. The molecule has 0 saturated carbocycles. The van der Waals surface area contributed by atoms with Crippen molar-refractivity contribution in [3.8, 4) is 0 Å². The first-order valence-electron chi connectivity index (χ1n) is 11.6. The van der Waals surface area contributed by atoms with Gasteiger partial charge in [0.15, 0.2) is 0 Å². The lowest BCUT2D eigenvalue weighted by molar-refractivity contribution is -0.137. The Bertz CT molecular complexity index is 1200. The number of carbonyl (C=O) groups excluding carboxylic acids is 2. The minimum absolute atomic E-state index is 0.0758. The highest BCUT2D eigenvalue weighted by atomic mass is 32.1. The molecule has 7 nitrogen and oxygen atoms in total. The Morgan fingerprint density at radius 3 is 2.51 bits per heavy atom. The summed E-state index contributed by atoms with van der Waals surface area (Å²) in [4.78, 5) is 31.3. The number of aromatic nitrogens is 1. The summed E-state index contributed by atoms with van der Waals surface area (Å²) in [6, 6.07) is 12.1. The number of anilines is 1. The summed E-state index contributed by atoms with van der Waals surface area (Å²) in [6.45, 7) is 4.89. The summed E-state index contributed by atoms with van der Waals surface area (Å²) < 4.78 is 43.8. The number of hydrogen-bond donors (Lipinski definition) is 2. The summed E-state index contributed by atoms with van der Waals surface area (Å²) in [7, 11) is 1.54. The van der Waals surface area contributed by atoms with E-state index in [1.807, 2.05) is 24.3 Å². The second kappa shape index (κ2) is 12.7. The number of alkyl halides is 3. The van der Waals surface area contributed by atoms with Gasteiger partial charge in [0.2, 0.25) is 0 Å². The number of methoxy groups -OCH3 is 1. The Labute approximate surface area is 217 Å². The number of nitrogens with one attached hydrogen (secondary N) is 2. The van der Waals surface area contributed by atoms with Gasteiger partial charge in [-0.15, -0.1) is 11.3 Å². The SMILES string of the molecule is COCCN(Cc1nc(C(=O)NCc2cccc(C(F)(F)F)c2)cs1)C(=O)Nc1ccc(C(C)C)cc1. The molecule has 1 aromatic heterocycles. The summed E-state index contributed by atoms with van der Waals surface area (Å²) in [5, 5.41) is 7.54. The molecule has 0 atom stereocenters. The van der Waals surface area contributed by atoms with Crippen LogP contribution >= 0.6 is 11.3 Å². The van der Waals surface area contributed by atoms with Crippen LogP contribution in [0.1, 0.15) is 52.0 Å². The van der Waals surface area contributed by atoms with E-state index >= 15 is 0 Å². The van der Waals surface area contributed by atoms with Crippen molar-refractivity contribution >= 4 is 29.0 Å². The molecule has 3 amide bonds. The fourth-order valence-corrected chi connectivity index (χ4v) is 4.18. The van der Waals surface area contributed by atoms with E-state index in [0.29, 0.717) is 35.3 Å². The van der Waals surface area contributed by atoms with Gasteiger partial charge in [-0.25, -0.2) is 9.78 Å². The predicted molar refractivity (Wildman–Crippen MR) is 137 cm³/mol. The molecule has 0 unspecified atom stereocenters. The molecule has 0 aliphatic rings. The zero-order valence-electron chi connectivity index (χ0n) is 20.8. The molecule has 0 spiro atoms. The lowest BCUT2D eigenvalue weighted by Crippen LogP contribution is -2.36. The predicted octanol–water partition coefficient (Wildman–Crippen LogP) is 5.90. The molecule has 0 aliphatic carbocycles. The van der Waals surface area contributed by atoms with Crippen molar-refractivity contribution < 1.29 is 27.5 Å². The number of benzene rings is 2. The zero-order chi connectivity index (χ0) is 27.0. The first kappa shape index (κ1) is 28.1. The Hall–Kier alpha value is -3.44. The Morgan fingerprint density at radius 2 is 1.86 bits per heavy atom. The normalized spacial score (nSPS) is 11.4. The average Bonchev–Trinajstić information content (AvgIpc) is 3.33. The summed E-state index contributed by atoms with van der Waals surface area (Å²) in [5.41, 5.74) is 1.49. The van der Waals surface area contributed by atoms with Crippen molar-refractivity contribution in [2.24, 2.45) is 0 Å². The number of amides is 3. The highest BCUT2D eigenvalue weighted by Crippen LogP contribution is 2.29. The van der Waals surface area contributed by atoms with E-state index in [1.165, 1.54) is 35.5 Å². The third kappa shape index (κ3) is 8.29. The molecule has 0 aliphatic heterocycles. The van der Waals surface area contributed by atoms with Crippen molar-refractivity contribution in [3.05, 3.63) is 81.3 Å². The van der Waals surface area contributed by atoms with E-state index in [1.54, 1.807) is 5.38 Å². The van der Waals surface area contributed by atoms with Crippen LogP contribution in [0.4, 0.5) is 23.7 Å². The minimum atomic E-state index is -4.46. The van der Waals surface area contributed by atoms with E-state index in [0.717, 1.165) is 17.7 Å². The average molecular weight is 535 g/mol. The molecule has 198 valence electrons. The number of halogens is 3. The van der Waals surface area contributed by atoms with Crippen LogP contribution in [0.2, 0.25) is 0 Å². The number of nitrogens with zero attached hydrogens (tertiary/aromatic N) is 2. The maximum Gasteiger partial charge on any atom is 0.416 e. The molecule has 0 saturated heterocycles. The molecule has 1 heterocycles. The van der Waals surface area contributed by atoms with Crippen LogP contribution in [0.15, 0.2) is 53.9 Å². The first-order valence-corrected chi connectivity index (χ1v) is 12.5. The molecular formula is C26H29F3N4O3S. The molecule has 11 heteroatoms. The Kier molecular flexibility index (Phi) is 9.65. The van der Waals surface area contributed by atoms with Crippen LogP contribution in [-0.4, -0.2) is 42.1 Å². The molecule has 2 N–H and O–H groups in total. The fraction of sp³-hybridized carbons (Fsp3) is 0.346. The Balaban J connectivity index is 1.61. The second-order valence-electron chi connectivity index (χ2n) is 8.63. The van der Waals surface area contributed by atoms with Crippen molar-refractivity contribution in [1.82, 2.24) is 15.2 Å². The van der Waals surface area contributed by atoms with Gasteiger partial charge < -0.3 is 20.3 Å². The highest BCUT2D eigenvalue weighted by molar-refractivity contribution is 7.09. The summed E-state index contributed by atoms with van der Waals surface area (Å²) in [5.74, 6) is -0.137. The van der Waals surface area contributed by atoms with Gasteiger partial charge in [0.1, 0.15) is 10.7 Å². The maximum absolute atomic E-state index is 12.9. The van der Waals surface area contributed by atoms with Crippen molar-refractivity contribution in [1.29, 1.82) is 0 Å². The van der Waals surface area contributed by atoms with Crippen molar-refractivity contribution in [2.75, 3.05) is 25.6 Å². The van der Waals surface area contributed by atoms with Crippen LogP contribution < -0.4 is 10.6 Å². The van der Waals surface area contributed by atoms with E-state index in [4.69, 9.17) is 4.74 Å². The lowest BCUT2D eigenvalue weighted by atomic mass is 10.0. The van der Waals surface area contributed by atoms with Gasteiger partial charge in [-0.2, -0.15) is 13.2 Å². The van der Waals surface area contributed by atoms with E-state index in [9.17, 15) is 22.8 Å². The number of ether oxygens (including phenoxy) is 1. The molecule has 3 rings (SSSR count). The Morgan fingerprint density at radius 1 is 1.14 bits per heavy atom. The number of rotatable bonds is 10. The van der Waals surface area contributed by atoms with Crippen molar-refractivity contribution in [3.63, 3.8) is 0 Å². The van der Waals surface area contributed by atoms with Crippen LogP contribution in [0.3, 0.4) is 0 Å². The number of urea groups is 1. The van der Waals surface area contributed by atoms with Crippen LogP contribution in [-0.2, 0) is 24.0 Å². The minimum Gasteiger partial charge on any atom is -0.383 e. The molecule has 0 radical (unpaired) electrons. The van der Waals surface area contributed by atoms with Gasteiger partial charge in [-0.05, 0) is 41.3 Å². The molecule has 0 bridgehead atoms. The molecular weight excluding hydrogens is 505 g/mol. The second-order valence-corrected chi connectivity index (χ2v) is 9.57. The lowest BCUT2D eigenvalue weighted by Gasteiger charge is -2.22. The van der Waals surface area contributed by atoms with Crippen LogP contribution in [0.25, 0.3) is 0 Å². The number of carbonyl (C=O) groups is 2. The smallest absolute Gasteiger partial charge is 0.383 e. The molecule has 2 aromatic carbocycles. The topological polar surface area (TPSA) is 83.6 Å². The zero-order valence-corrected chi connectivity index (χ0v) is 21.6. The van der Waals surface area contributed by atoms with Gasteiger partial charge >= 0.3 is 12.2 Å². The number of thiazole rings is 1. The van der Waals surface area contributed by atoms with E-state index < -0.39 is 17.6 Å². The molecule has 0 fully saturated rings. The third-order valence-corrected chi connectivity index (χ3v) is 6.33. The first-order chi connectivity index (χ1) is 17.6. The fourth-order valence-electron chi connectivity index (χ4n) is 3.39.